The van der Waals surface area contributed by atoms with E-state index >= 15 is 0 Å². The van der Waals surface area contributed by atoms with Gasteiger partial charge in [-0.15, -0.1) is 0 Å². The van der Waals surface area contributed by atoms with Crippen LogP contribution in [0.4, 0.5) is 0 Å². The van der Waals surface area contributed by atoms with Gasteiger partial charge in [0.25, 0.3) is 0 Å². The maximum absolute atomic E-state index is 10.1. The average Bonchev–Trinajstić information content (AvgIpc) is 2.52. The maximum atomic E-state index is 10.1. The molecule has 0 saturated carbocycles. The van der Waals surface area contributed by atoms with Crippen molar-refractivity contribution in [2.24, 2.45) is 7.05 Å². The predicted octanol–water partition coefficient (Wildman–Crippen LogP) is 2.10. The van der Waals surface area contributed by atoms with Crippen LogP contribution in [0.25, 0.3) is 0 Å². The first-order valence-electron chi connectivity index (χ1n) is 5.98. The van der Waals surface area contributed by atoms with Crippen molar-refractivity contribution in [3.63, 3.8) is 0 Å². The van der Waals surface area contributed by atoms with Crippen molar-refractivity contribution in [1.82, 2.24) is 9.78 Å². The SMILES string of the molecule is CCOC(CC)C(O)Cc1c(Cl)c(C)nn1C. The summed E-state index contributed by atoms with van der Waals surface area (Å²) in [7, 11) is 1.84. The topological polar surface area (TPSA) is 47.3 Å². The second-order valence-corrected chi connectivity index (χ2v) is 4.52. The summed E-state index contributed by atoms with van der Waals surface area (Å²) in [6.45, 7) is 6.39. The molecule has 0 bridgehead atoms. The fourth-order valence-corrected chi connectivity index (χ4v) is 2.18. The van der Waals surface area contributed by atoms with Crippen molar-refractivity contribution >= 4 is 11.6 Å². The molecular weight excluding hydrogens is 240 g/mol. The van der Waals surface area contributed by atoms with Crippen LogP contribution >= 0.6 is 11.6 Å². The lowest BCUT2D eigenvalue weighted by Crippen LogP contribution is -2.31. The molecule has 0 aliphatic heterocycles. The molecule has 0 aromatic carbocycles. The average molecular weight is 261 g/mol. The first-order valence-corrected chi connectivity index (χ1v) is 6.36. The lowest BCUT2D eigenvalue weighted by molar-refractivity contribution is -0.0341. The lowest BCUT2D eigenvalue weighted by atomic mass is 10.1. The normalized spacial score (nSPS) is 14.9. The molecule has 0 radical (unpaired) electrons. The summed E-state index contributed by atoms with van der Waals surface area (Å²) in [5.41, 5.74) is 1.65. The van der Waals surface area contributed by atoms with E-state index in [0.717, 1.165) is 17.8 Å². The molecule has 1 heterocycles. The largest absolute Gasteiger partial charge is 0.390 e. The molecule has 2 atom stereocenters. The van der Waals surface area contributed by atoms with Gasteiger partial charge in [0, 0.05) is 20.1 Å². The second kappa shape index (κ2) is 6.38. The van der Waals surface area contributed by atoms with E-state index in [0.29, 0.717) is 18.1 Å². The highest BCUT2D eigenvalue weighted by atomic mass is 35.5. The molecule has 1 aromatic heterocycles. The zero-order chi connectivity index (χ0) is 13.0. The van der Waals surface area contributed by atoms with E-state index in [1.54, 1.807) is 4.68 Å². The Bertz CT molecular complexity index is 366. The van der Waals surface area contributed by atoms with Crippen molar-refractivity contribution in [3.8, 4) is 0 Å². The Hall–Kier alpha value is -0.580. The summed E-state index contributed by atoms with van der Waals surface area (Å²) >= 11 is 6.15. The van der Waals surface area contributed by atoms with E-state index in [-0.39, 0.29) is 6.10 Å². The van der Waals surface area contributed by atoms with Crippen LogP contribution in [0.1, 0.15) is 31.7 Å². The highest BCUT2D eigenvalue weighted by Crippen LogP contribution is 2.22. The van der Waals surface area contributed by atoms with Gasteiger partial charge >= 0.3 is 0 Å². The molecule has 0 saturated heterocycles. The Morgan fingerprint density at radius 1 is 1.47 bits per heavy atom. The Kier molecular flexibility index (Phi) is 5.43. The van der Waals surface area contributed by atoms with Crippen molar-refractivity contribution in [2.45, 2.75) is 45.8 Å². The van der Waals surface area contributed by atoms with Crippen LogP contribution in [0.3, 0.4) is 0 Å². The molecule has 0 fully saturated rings. The molecule has 4 nitrogen and oxygen atoms in total. The van der Waals surface area contributed by atoms with Crippen LogP contribution in [-0.2, 0) is 18.2 Å². The van der Waals surface area contributed by atoms with Crippen molar-refractivity contribution in [1.29, 1.82) is 0 Å². The summed E-state index contributed by atoms with van der Waals surface area (Å²) in [5, 5.41) is 15.0. The molecule has 1 rings (SSSR count). The first-order chi connectivity index (χ1) is 8.01. The van der Waals surface area contributed by atoms with E-state index in [1.807, 2.05) is 27.8 Å². The number of hydrogen-bond donors (Lipinski definition) is 1. The molecule has 17 heavy (non-hydrogen) atoms. The van der Waals surface area contributed by atoms with Crippen LogP contribution in [-0.4, -0.2) is 33.7 Å². The van der Waals surface area contributed by atoms with Gasteiger partial charge in [-0.1, -0.05) is 18.5 Å². The monoisotopic (exact) mass is 260 g/mol. The quantitative estimate of drug-likeness (QED) is 0.852. The predicted molar refractivity (Wildman–Crippen MR) is 68.4 cm³/mol. The number of ether oxygens (including phenoxy) is 1. The standard InChI is InChI=1S/C12H21ClN2O2/c1-5-11(17-6-2)10(16)7-9-12(13)8(3)14-15(9)4/h10-11,16H,5-7H2,1-4H3. The molecule has 0 aliphatic carbocycles. The third-order valence-corrected chi connectivity index (χ3v) is 3.37. The number of aliphatic hydroxyl groups is 1. The minimum atomic E-state index is -0.549. The molecule has 2 unspecified atom stereocenters. The van der Waals surface area contributed by atoms with E-state index in [2.05, 4.69) is 5.10 Å². The molecule has 0 spiro atoms. The Morgan fingerprint density at radius 2 is 2.12 bits per heavy atom. The number of aryl methyl sites for hydroxylation is 2. The second-order valence-electron chi connectivity index (χ2n) is 4.14. The van der Waals surface area contributed by atoms with Crippen LogP contribution in [0, 0.1) is 6.92 Å². The van der Waals surface area contributed by atoms with Crippen LogP contribution < -0.4 is 0 Å². The summed E-state index contributed by atoms with van der Waals surface area (Å²) in [5.74, 6) is 0. The van der Waals surface area contributed by atoms with Crippen molar-refractivity contribution in [3.05, 3.63) is 16.4 Å². The van der Waals surface area contributed by atoms with Gasteiger partial charge in [-0.05, 0) is 20.3 Å². The summed E-state index contributed by atoms with van der Waals surface area (Å²) < 4.78 is 7.21. The molecule has 98 valence electrons. The van der Waals surface area contributed by atoms with Gasteiger partial charge in [-0.2, -0.15) is 5.10 Å². The van der Waals surface area contributed by atoms with Gasteiger partial charge in [-0.3, -0.25) is 4.68 Å². The fourth-order valence-electron chi connectivity index (χ4n) is 1.95. The molecule has 0 amide bonds. The van der Waals surface area contributed by atoms with Gasteiger partial charge in [0.2, 0.25) is 0 Å². The smallest absolute Gasteiger partial charge is 0.0857 e. The lowest BCUT2D eigenvalue weighted by Gasteiger charge is -2.21. The van der Waals surface area contributed by atoms with Gasteiger partial charge in [0.15, 0.2) is 0 Å². The van der Waals surface area contributed by atoms with Gasteiger partial charge in [0.1, 0.15) is 0 Å². The molecule has 1 N–H and O–H groups in total. The number of aliphatic hydroxyl groups excluding tert-OH is 1. The van der Waals surface area contributed by atoms with E-state index in [4.69, 9.17) is 16.3 Å². The van der Waals surface area contributed by atoms with E-state index in [9.17, 15) is 5.11 Å². The minimum absolute atomic E-state index is 0.147. The Labute approximate surface area is 108 Å². The third kappa shape index (κ3) is 3.44. The summed E-state index contributed by atoms with van der Waals surface area (Å²) in [4.78, 5) is 0. The summed E-state index contributed by atoms with van der Waals surface area (Å²) in [6, 6.07) is 0. The molecule has 5 heteroatoms. The zero-order valence-electron chi connectivity index (χ0n) is 10.9. The first kappa shape index (κ1) is 14.5. The number of hydrogen-bond acceptors (Lipinski definition) is 3. The van der Waals surface area contributed by atoms with E-state index < -0.39 is 6.10 Å². The van der Waals surface area contributed by atoms with Gasteiger partial charge in [0.05, 0.1) is 28.6 Å². The van der Waals surface area contributed by atoms with Crippen LogP contribution in [0.15, 0.2) is 0 Å². The van der Waals surface area contributed by atoms with Gasteiger partial charge < -0.3 is 9.84 Å². The van der Waals surface area contributed by atoms with Gasteiger partial charge in [-0.25, -0.2) is 0 Å². The highest BCUT2D eigenvalue weighted by molar-refractivity contribution is 6.31. The summed E-state index contributed by atoms with van der Waals surface area (Å²) in [6.07, 6.45) is 0.552. The Balaban J connectivity index is 2.76. The number of nitrogens with zero attached hydrogens (tertiary/aromatic N) is 2. The Morgan fingerprint density at radius 3 is 2.53 bits per heavy atom. The number of rotatable bonds is 6. The zero-order valence-corrected chi connectivity index (χ0v) is 11.7. The van der Waals surface area contributed by atoms with Crippen molar-refractivity contribution in [2.75, 3.05) is 6.61 Å². The third-order valence-electron chi connectivity index (χ3n) is 2.88. The highest BCUT2D eigenvalue weighted by Gasteiger charge is 2.22. The van der Waals surface area contributed by atoms with Crippen LogP contribution in [0.2, 0.25) is 5.02 Å². The maximum Gasteiger partial charge on any atom is 0.0857 e. The fraction of sp³-hybridized carbons (Fsp3) is 0.750. The number of aromatic nitrogens is 2. The molecular formula is C12H21ClN2O2. The van der Waals surface area contributed by atoms with Crippen LogP contribution in [0.5, 0.6) is 0 Å². The number of halogens is 1. The minimum Gasteiger partial charge on any atom is -0.390 e. The van der Waals surface area contributed by atoms with Crippen molar-refractivity contribution < 1.29 is 9.84 Å². The molecule has 0 aliphatic rings. The van der Waals surface area contributed by atoms with E-state index in [1.165, 1.54) is 0 Å². The molecule has 1 aromatic rings.